The Kier molecular flexibility index (Phi) is 7.04. The number of anilines is 3. The lowest BCUT2D eigenvalue weighted by atomic mass is 10.0. The van der Waals surface area contributed by atoms with Gasteiger partial charge in [-0.05, 0) is 70.3 Å². The highest BCUT2D eigenvalue weighted by Crippen LogP contribution is 2.47. The molecule has 0 amide bonds. The van der Waals surface area contributed by atoms with Gasteiger partial charge in [0.25, 0.3) is 0 Å². The van der Waals surface area contributed by atoms with E-state index < -0.39 is 0 Å². The molecule has 0 bridgehead atoms. The molecule has 8 aromatic carbocycles. The minimum absolute atomic E-state index is 0.867. The van der Waals surface area contributed by atoms with Crippen LogP contribution >= 0.6 is 11.3 Å². The molecule has 0 aliphatic carbocycles. The first kappa shape index (κ1) is 29.5. The highest BCUT2D eigenvalue weighted by atomic mass is 32.1. The highest BCUT2D eigenvalue weighted by molar-refractivity contribution is 7.26. The summed E-state index contributed by atoms with van der Waals surface area (Å²) >= 11 is 1.87. The SMILES string of the molecule is c1ccc(-c2ccc(N(c3ccc4sc5c(-c6ccccc6)cccc5c4c3)c3cccc4oc5c(-c6ccccc6)cccc5c34)cc2)cc1. The summed E-state index contributed by atoms with van der Waals surface area (Å²) in [5.74, 6) is 0. The first-order valence-electron chi connectivity index (χ1n) is 17.3. The molecule has 2 aromatic heterocycles. The van der Waals surface area contributed by atoms with Crippen molar-refractivity contribution in [2.45, 2.75) is 0 Å². The molecule has 0 aliphatic heterocycles. The Morgan fingerprint density at radius 3 is 1.73 bits per heavy atom. The number of furan rings is 1. The first-order valence-corrected chi connectivity index (χ1v) is 18.1. The molecule has 10 rings (SSSR count). The van der Waals surface area contributed by atoms with Crippen LogP contribution in [0.2, 0.25) is 0 Å². The minimum atomic E-state index is 0.867. The Hall–Kier alpha value is -6.42. The number of hydrogen-bond acceptors (Lipinski definition) is 3. The molecule has 0 radical (unpaired) electrons. The van der Waals surface area contributed by atoms with Gasteiger partial charge < -0.3 is 9.32 Å². The summed E-state index contributed by atoms with van der Waals surface area (Å²) in [5, 5.41) is 4.73. The van der Waals surface area contributed by atoms with Crippen LogP contribution in [0, 0.1) is 0 Å². The minimum Gasteiger partial charge on any atom is -0.455 e. The molecule has 0 fully saturated rings. The summed E-state index contributed by atoms with van der Waals surface area (Å²) in [6.45, 7) is 0. The average Bonchev–Trinajstić information content (AvgIpc) is 3.78. The first-order chi connectivity index (χ1) is 25.3. The van der Waals surface area contributed by atoms with E-state index in [-0.39, 0.29) is 0 Å². The zero-order valence-corrected chi connectivity index (χ0v) is 28.5. The number of para-hydroxylation sites is 1. The molecule has 240 valence electrons. The van der Waals surface area contributed by atoms with E-state index in [0.29, 0.717) is 0 Å². The lowest BCUT2D eigenvalue weighted by Crippen LogP contribution is -2.10. The second-order valence-electron chi connectivity index (χ2n) is 12.9. The average molecular weight is 670 g/mol. The van der Waals surface area contributed by atoms with Crippen LogP contribution in [0.1, 0.15) is 0 Å². The van der Waals surface area contributed by atoms with E-state index in [0.717, 1.165) is 50.1 Å². The maximum absolute atomic E-state index is 6.72. The standard InChI is InChI=1S/C48H31NOS/c1-4-13-32(14-5-1)33-25-27-36(28-26-33)49(37-29-30-45-42(31-37)40-21-11-20-39(48(40)51-45)35-17-8-3-9-18-35)43-23-12-24-44-46(43)41-22-10-19-38(47(41)50-44)34-15-6-2-7-16-34/h1-31H. The van der Waals surface area contributed by atoms with Crippen molar-refractivity contribution >= 4 is 70.5 Å². The summed E-state index contributed by atoms with van der Waals surface area (Å²) in [6, 6.07) is 67.2. The third-order valence-electron chi connectivity index (χ3n) is 9.88. The van der Waals surface area contributed by atoms with E-state index in [1.165, 1.54) is 42.4 Å². The van der Waals surface area contributed by atoms with Crippen LogP contribution in [0.5, 0.6) is 0 Å². The van der Waals surface area contributed by atoms with Crippen LogP contribution in [-0.2, 0) is 0 Å². The fourth-order valence-electron chi connectivity index (χ4n) is 7.49. The number of rotatable bonds is 6. The van der Waals surface area contributed by atoms with Gasteiger partial charge in [-0.2, -0.15) is 0 Å². The van der Waals surface area contributed by atoms with E-state index in [4.69, 9.17) is 4.42 Å². The van der Waals surface area contributed by atoms with Gasteiger partial charge in [0.05, 0.1) is 11.1 Å². The van der Waals surface area contributed by atoms with Crippen molar-refractivity contribution in [2.24, 2.45) is 0 Å². The van der Waals surface area contributed by atoms with Gasteiger partial charge in [-0.1, -0.05) is 146 Å². The molecule has 0 unspecified atom stereocenters. The van der Waals surface area contributed by atoms with Crippen molar-refractivity contribution in [3.05, 3.63) is 188 Å². The third kappa shape index (κ3) is 5.01. The highest BCUT2D eigenvalue weighted by Gasteiger charge is 2.22. The van der Waals surface area contributed by atoms with Crippen molar-refractivity contribution in [3.8, 4) is 33.4 Å². The lowest BCUT2D eigenvalue weighted by Gasteiger charge is -2.26. The fraction of sp³-hybridized carbons (Fsp3) is 0. The molecule has 0 spiro atoms. The Morgan fingerprint density at radius 2 is 1.00 bits per heavy atom. The molecule has 51 heavy (non-hydrogen) atoms. The van der Waals surface area contributed by atoms with Crippen LogP contribution in [-0.4, -0.2) is 0 Å². The predicted octanol–water partition coefficient (Wildman–Crippen LogP) is 14.4. The van der Waals surface area contributed by atoms with Crippen molar-refractivity contribution in [2.75, 3.05) is 4.90 Å². The molecule has 3 heteroatoms. The summed E-state index contributed by atoms with van der Waals surface area (Å²) in [7, 11) is 0. The number of fused-ring (bicyclic) bond motifs is 6. The largest absolute Gasteiger partial charge is 0.455 e. The topological polar surface area (TPSA) is 16.4 Å². The number of benzene rings is 8. The number of hydrogen-bond donors (Lipinski definition) is 0. The quantitative estimate of drug-likeness (QED) is 0.175. The lowest BCUT2D eigenvalue weighted by molar-refractivity contribution is 0.670. The Bertz CT molecular complexity index is 2840. The van der Waals surface area contributed by atoms with Crippen molar-refractivity contribution in [3.63, 3.8) is 0 Å². The zero-order chi connectivity index (χ0) is 33.7. The third-order valence-corrected chi connectivity index (χ3v) is 11.1. The second-order valence-corrected chi connectivity index (χ2v) is 13.9. The van der Waals surface area contributed by atoms with Crippen LogP contribution in [0.3, 0.4) is 0 Å². The van der Waals surface area contributed by atoms with Crippen molar-refractivity contribution in [1.29, 1.82) is 0 Å². The zero-order valence-electron chi connectivity index (χ0n) is 27.7. The smallest absolute Gasteiger partial charge is 0.143 e. The van der Waals surface area contributed by atoms with Crippen LogP contribution < -0.4 is 4.90 Å². The molecule has 0 atom stereocenters. The van der Waals surface area contributed by atoms with Gasteiger partial charge in [0.1, 0.15) is 11.2 Å². The van der Waals surface area contributed by atoms with E-state index in [2.05, 4.69) is 193 Å². The van der Waals surface area contributed by atoms with Crippen molar-refractivity contribution < 1.29 is 4.42 Å². The Balaban J connectivity index is 1.20. The van der Waals surface area contributed by atoms with E-state index >= 15 is 0 Å². The Labute approximate surface area is 300 Å². The molecule has 0 saturated carbocycles. The fourth-order valence-corrected chi connectivity index (χ4v) is 8.71. The van der Waals surface area contributed by atoms with Crippen molar-refractivity contribution in [1.82, 2.24) is 0 Å². The molecule has 0 aliphatic rings. The molecule has 10 aromatic rings. The van der Waals surface area contributed by atoms with E-state index in [1.807, 2.05) is 11.3 Å². The van der Waals surface area contributed by atoms with E-state index in [9.17, 15) is 0 Å². The van der Waals surface area contributed by atoms with Crippen LogP contribution in [0.4, 0.5) is 17.1 Å². The van der Waals surface area contributed by atoms with Gasteiger partial charge >= 0.3 is 0 Å². The normalized spacial score (nSPS) is 11.5. The second kappa shape index (κ2) is 12.2. The van der Waals surface area contributed by atoms with E-state index in [1.54, 1.807) is 0 Å². The number of thiophene rings is 1. The summed E-state index contributed by atoms with van der Waals surface area (Å²) < 4.78 is 9.31. The van der Waals surface area contributed by atoms with Gasteiger partial charge in [-0.15, -0.1) is 11.3 Å². The summed E-state index contributed by atoms with van der Waals surface area (Å²) in [5.41, 5.74) is 12.2. The number of nitrogens with zero attached hydrogens (tertiary/aromatic N) is 1. The maximum Gasteiger partial charge on any atom is 0.143 e. The molecular formula is C48H31NOS. The monoisotopic (exact) mass is 669 g/mol. The molecule has 0 N–H and O–H groups in total. The predicted molar refractivity (Wildman–Crippen MR) is 218 cm³/mol. The van der Waals surface area contributed by atoms with Gasteiger partial charge in [-0.3, -0.25) is 0 Å². The van der Waals surface area contributed by atoms with Crippen LogP contribution in [0.15, 0.2) is 192 Å². The van der Waals surface area contributed by atoms with Gasteiger partial charge in [-0.25, -0.2) is 0 Å². The summed E-state index contributed by atoms with van der Waals surface area (Å²) in [6.07, 6.45) is 0. The molecular weight excluding hydrogens is 639 g/mol. The molecule has 0 saturated heterocycles. The maximum atomic E-state index is 6.72. The van der Waals surface area contributed by atoms with Gasteiger partial charge in [0.2, 0.25) is 0 Å². The van der Waals surface area contributed by atoms with Gasteiger partial charge in [0.15, 0.2) is 0 Å². The van der Waals surface area contributed by atoms with Gasteiger partial charge in [0, 0.05) is 42.5 Å². The molecule has 2 heterocycles. The molecule has 2 nitrogen and oxygen atoms in total. The van der Waals surface area contributed by atoms with Crippen LogP contribution in [0.25, 0.3) is 75.5 Å². The Morgan fingerprint density at radius 1 is 0.412 bits per heavy atom. The summed E-state index contributed by atoms with van der Waals surface area (Å²) in [4.78, 5) is 2.39.